The standard InChI is InChI=1S/C15H22N2O2/c1-9-3-5-12(7-10(9)2)19-14-6-4-11(16)8-13(14)15(17)18/h4,6,8-10,12H,3,5,7,16H2,1-2H3,(H2,17,18). The van der Waals surface area contributed by atoms with Crippen molar-refractivity contribution in [3.63, 3.8) is 0 Å². The van der Waals surface area contributed by atoms with Crippen molar-refractivity contribution in [3.05, 3.63) is 23.8 Å². The summed E-state index contributed by atoms with van der Waals surface area (Å²) in [7, 11) is 0. The minimum atomic E-state index is -0.500. The van der Waals surface area contributed by atoms with Crippen LogP contribution in [0.25, 0.3) is 0 Å². The molecule has 1 aromatic carbocycles. The zero-order chi connectivity index (χ0) is 14.0. The predicted octanol–water partition coefficient (Wildman–Crippen LogP) is 2.57. The van der Waals surface area contributed by atoms with Crippen molar-refractivity contribution in [1.29, 1.82) is 0 Å². The minimum absolute atomic E-state index is 0.160. The second-order valence-electron chi connectivity index (χ2n) is 5.63. The van der Waals surface area contributed by atoms with Crippen LogP contribution in [-0.2, 0) is 0 Å². The molecule has 1 fully saturated rings. The highest BCUT2D eigenvalue weighted by Gasteiger charge is 2.26. The van der Waals surface area contributed by atoms with Crippen LogP contribution >= 0.6 is 0 Å². The van der Waals surface area contributed by atoms with Gasteiger partial charge in [-0.15, -0.1) is 0 Å². The van der Waals surface area contributed by atoms with Crippen LogP contribution in [0, 0.1) is 11.8 Å². The van der Waals surface area contributed by atoms with E-state index in [0.717, 1.165) is 25.2 Å². The Kier molecular flexibility index (Phi) is 3.98. The molecule has 19 heavy (non-hydrogen) atoms. The third kappa shape index (κ3) is 3.19. The molecule has 3 atom stereocenters. The molecular weight excluding hydrogens is 240 g/mol. The van der Waals surface area contributed by atoms with Crippen molar-refractivity contribution in [3.8, 4) is 5.75 Å². The number of primary amides is 1. The SMILES string of the molecule is CC1CCC(Oc2ccc(N)cc2C(N)=O)CC1C. The molecule has 3 unspecified atom stereocenters. The number of ether oxygens (including phenoxy) is 1. The first-order valence-electron chi connectivity index (χ1n) is 6.83. The summed E-state index contributed by atoms with van der Waals surface area (Å²) in [4.78, 5) is 11.4. The van der Waals surface area contributed by atoms with E-state index in [0.29, 0.717) is 22.9 Å². The van der Waals surface area contributed by atoms with Crippen molar-refractivity contribution < 1.29 is 9.53 Å². The van der Waals surface area contributed by atoms with E-state index in [9.17, 15) is 4.79 Å². The van der Waals surface area contributed by atoms with Gasteiger partial charge in [0, 0.05) is 5.69 Å². The highest BCUT2D eigenvalue weighted by Crippen LogP contribution is 2.33. The van der Waals surface area contributed by atoms with Crippen molar-refractivity contribution in [2.45, 2.75) is 39.2 Å². The Morgan fingerprint density at radius 1 is 1.26 bits per heavy atom. The van der Waals surface area contributed by atoms with Crippen LogP contribution in [0.4, 0.5) is 5.69 Å². The van der Waals surface area contributed by atoms with Crippen molar-refractivity contribution >= 4 is 11.6 Å². The van der Waals surface area contributed by atoms with E-state index >= 15 is 0 Å². The van der Waals surface area contributed by atoms with Gasteiger partial charge >= 0.3 is 0 Å². The average Bonchev–Trinajstić information content (AvgIpc) is 2.36. The van der Waals surface area contributed by atoms with E-state index in [2.05, 4.69) is 13.8 Å². The van der Waals surface area contributed by atoms with Gasteiger partial charge in [0.2, 0.25) is 0 Å². The van der Waals surface area contributed by atoms with Crippen LogP contribution in [-0.4, -0.2) is 12.0 Å². The van der Waals surface area contributed by atoms with Gasteiger partial charge in [-0.25, -0.2) is 0 Å². The molecule has 0 radical (unpaired) electrons. The highest BCUT2D eigenvalue weighted by atomic mass is 16.5. The number of carbonyl (C=O) groups excluding carboxylic acids is 1. The molecule has 0 aliphatic heterocycles. The first-order valence-corrected chi connectivity index (χ1v) is 6.83. The Morgan fingerprint density at radius 2 is 2.00 bits per heavy atom. The fourth-order valence-corrected chi connectivity index (χ4v) is 2.63. The molecule has 1 aliphatic carbocycles. The van der Waals surface area contributed by atoms with Gasteiger partial charge in [-0.1, -0.05) is 13.8 Å². The maximum absolute atomic E-state index is 11.4. The van der Waals surface area contributed by atoms with E-state index in [-0.39, 0.29) is 6.10 Å². The molecule has 4 nitrogen and oxygen atoms in total. The molecule has 0 aromatic heterocycles. The van der Waals surface area contributed by atoms with Crippen molar-refractivity contribution in [2.24, 2.45) is 17.6 Å². The molecule has 1 aromatic rings. The molecule has 4 heteroatoms. The molecule has 2 rings (SSSR count). The van der Waals surface area contributed by atoms with E-state index in [4.69, 9.17) is 16.2 Å². The molecule has 0 spiro atoms. The molecule has 0 saturated heterocycles. The summed E-state index contributed by atoms with van der Waals surface area (Å²) in [5.41, 5.74) is 11.9. The predicted molar refractivity (Wildman–Crippen MR) is 76.0 cm³/mol. The third-order valence-electron chi connectivity index (χ3n) is 4.11. The van der Waals surface area contributed by atoms with Crippen molar-refractivity contribution in [1.82, 2.24) is 0 Å². The lowest BCUT2D eigenvalue weighted by Crippen LogP contribution is -2.29. The number of amides is 1. The van der Waals surface area contributed by atoms with Gasteiger partial charge in [0.1, 0.15) is 5.75 Å². The molecule has 1 amide bonds. The van der Waals surface area contributed by atoms with E-state index in [1.165, 1.54) is 0 Å². The number of anilines is 1. The van der Waals surface area contributed by atoms with Gasteiger partial charge in [0.05, 0.1) is 11.7 Å². The van der Waals surface area contributed by atoms with Crippen LogP contribution in [0.5, 0.6) is 5.75 Å². The quantitative estimate of drug-likeness (QED) is 0.822. The Morgan fingerprint density at radius 3 is 2.63 bits per heavy atom. The Labute approximate surface area is 114 Å². The Bertz CT molecular complexity index is 473. The number of nitrogen functional groups attached to an aromatic ring is 1. The highest BCUT2D eigenvalue weighted by molar-refractivity contribution is 5.96. The first kappa shape index (κ1) is 13.7. The molecule has 0 heterocycles. The summed E-state index contributed by atoms with van der Waals surface area (Å²) < 4.78 is 5.97. The number of carbonyl (C=O) groups is 1. The fraction of sp³-hybridized carbons (Fsp3) is 0.533. The molecule has 1 aliphatic rings. The summed E-state index contributed by atoms with van der Waals surface area (Å²) >= 11 is 0. The zero-order valence-corrected chi connectivity index (χ0v) is 11.6. The van der Waals surface area contributed by atoms with Gasteiger partial charge in [-0.3, -0.25) is 4.79 Å². The van der Waals surface area contributed by atoms with Crippen LogP contribution in [0.2, 0.25) is 0 Å². The fourth-order valence-electron chi connectivity index (χ4n) is 2.63. The van der Waals surface area contributed by atoms with Gasteiger partial charge in [0.25, 0.3) is 5.91 Å². The molecule has 1 saturated carbocycles. The smallest absolute Gasteiger partial charge is 0.252 e. The lowest BCUT2D eigenvalue weighted by atomic mass is 9.80. The largest absolute Gasteiger partial charge is 0.490 e. The topological polar surface area (TPSA) is 78.3 Å². The van der Waals surface area contributed by atoms with Gasteiger partial charge in [-0.2, -0.15) is 0 Å². The lowest BCUT2D eigenvalue weighted by Gasteiger charge is -2.32. The van der Waals surface area contributed by atoms with Crippen molar-refractivity contribution in [2.75, 3.05) is 5.73 Å². The molecular formula is C15H22N2O2. The van der Waals surface area contributed by atoms with Gasteiger partial charge in [0.15, 0.2) is 0 Å². The van der Waals surface area contributed by atoms with Crippen LogP contribution < -0.4 is 16.2 Å². The molecule has 0 bridgehead atoms. The van der Waals surface area contributed by atoms with E-state index in [1.54, 1.807) is 18.2 Å². The minimum Gasteiger partial charge on any atom is -0.490 e. The number of benzene rings is 1. The maximum Gasteiger partial charge on any atom is 0.252 e. The molecule has 104 valence electrons. The number of hydrogen-bond donors (Lipinski definition) is 2. The van der Waals surface area contributed by atoms with Gasteiger partial charge < -0.3 is 16.2 Å². The summed E-state index contributed by atoms with van der Waals surface area (Å²) in [5, 5.41) is 0. The Balaban J connectivity index is 2.13. The third-order valence-corrected chi connectivity index (χ3v) is 4.11. The zero-order valence-electron chi connectivity index (χ0n) is 11.6. The first-order chi connectivity index (χ1) is 8.97. The number of hydrogen-bond acceptors (Lipinski definition) is 3. The second kappa shape index (κ2) is 5.51. The number of rotatable bonds is 3. The normalized spacial score (nSPS) is 26.9. The Hall–Kier alpha value is -1.71. The average molecular weight is 262 g/mol. The van der Waals surface area contributed by atoms with Crippen LogP contribution in [0.15, 0.2) is 18.2 Å². The monoisotopic (exact) mass is 262 g/mol. The van der Waals surface area contributed by atoms with E-state index in [1.807, 2.05) is 0 Å². The molecule has 4 N–H and O–H groups in total. The van der Waals surface area contributed by atoms with Gasteiger partial charge in [-0.05, 0) is 49.3 Å². The number of nitrogens with two attached hydrogens (primary N) is 2. The summed E-state index contributed by atoms with van der Waals surface area (Å²) in [6.07, 6.45) is 3.36. The van der Waals surface area contributed by atoms with Crippen LogP contribution in [0.3, 0.4) is 0 Å². The van der Waals surface area contributed by atoms with E-state index < -0.39 is 5.91 Å². The lowest BCUT2D eigenvalue weighted by molar-refractivity contribution is 0.0932. The summed E-state index contributed by atoms with van der Waals surface area (Å²) in [6, 6.07) is 5.04. The maximum atomic E-state index is 11.4. The van der Waals surface area contributed by atoms with Crippen LogP contribution in [0.1, 0.15) is 43.5 Å². The second-order valence-corrected chi connectivity index (χ2v) is 5.63. The summed E-state index contributed by atoms with van der Waals surface area (Å²) in [5.74, 6) is 1.43. The summed E-state index contributed by atoms with van der Waals surface area (Å²) in [6.45, 7) is 4.52.